The third-order valence-electron chi connectivity index (χ3n) is 5.39. The minimum Gasteiger partial charge on any atom is -0.482 e. The Labute approximate surface area is 221 Å². The molecule has 0 amide bonds. The van der Waals surface area contributed by atoms with Crippen molar-refractivity contribution in [3.05, 3.63) is 95.1 Å². The molecule has 3 aromatic carbocycles. The molecule has 4 aromatic rings. The zero-order chi connectivity index (χ0) is 28.1. The molecule has 0 aliphatic rings. The Hall–Kier alpha value is -5.03. The summed E-state index contributed by atoms with van der Waals surface area (Å²) in [6, 6.07) is 16.3. The average Bonchev–Trinajstić information content (AvgIpc) is 2.90. The van der Waals surface area contributed by atoms with Gasteiger partial charge in [-0.05, 0) is 59.5 Å². The van der Waals surface area contributed by atoms with Crippen molar-refractivity contribution >= 4 is 11.9 Å². The number of rotatable bonds is 10. The van der Waals surface area contributed by atoms with Crippen LogP contribution in [0, 0.1) is 18.6 Å². The molecule has 0 saturated carbocycles. The molecule has 200 valence electrons. The molecule has 0 spiro atoms. The number of hydrogen-bond acceptors (Lipinski definition) is 7. The van der Waals surface area contributed by atoms with Crippen molar-refractivity contribution in [1.29, 1.82) is 0 Å². The van der Waals surface area contributed by atoms with Crippen molar-refractivity contribution in [3.63, 3.8) is 0 Å². The largest absolute Gasteiger partial charge is 0.482 e. The van der Waals surface area contributed by atoms with Gasteiger partial charge in [0, 0.05) is 18.7 Å². The predicted octanol–water partition coefficient (Wildman–Crippen LogP) is 5.54. The highest BCUT2D eigenvalue weighted by atomic mass is 19.1. The highest BCUT2D eigenvalue weighted by Gasteiger charge is 2.20. The molecular weight excluding hydrogens is 514 g/mol. The first-order valence-corrected chi connectivity index (χ1v) is 11.5. The van der Waals surface area contributed by atoms with E-state index in [2.05, 4.69) is 4.98 Å². The Morgan fingerprint density at radius 1 is 0.872 bits per heavy atom. The molecule has 1 aromatic heterocycles. The fraction of sp³-hybridized carbons (Fsp3) is 0.107. The van der Waals surface area contributed by atoms with Gasteiger partial charge in [-0.15, -0.1) is 0 Å². The van der Waals surface area contributed by atoms with Crippen LogP contribution in [0.2, 0.25) is 0 Å². The fourth-order valence-corrected chi connectivity index (χ4v) is 3.59. The number of carboxylic acid groups (broad SMARTS) is 2. The van der Waals surface area contributed by atoms with Gasteiger partial charge in [-0.1, -0.05) is 24.3 Å². The van der Waals surface area contributed by atoms with Crippen molar-refractivity contribution in [1.82, 2.24) is 4.98 Å². The SMILES string of the molecule is Cc1ccc(C(=O)O)c(Oc2nc(Oc3cc(OCC(=O)O)cc(-c4cccc(CN)c4)c3)c(F)cc2F)c1. The van der Waals surface area contributed by atoms with Gasteiger partial charge in [-0.2, -0.15) is 4.98 Å². The number of ether oxygens (including phenoxy) is 3. The number of aromatic carboxylic acids is 1. The van der Waals surface area contributed by atoms with Crippen molar-refractivity contribution in [2.75, 3.05) is 6.61 Å². The molecule has 11 heteroatoms. The van der Waals surface area contributed by atoms with E-state index in [1.165, 1.54) is 24.3 Å². The minimum atomic E-state index is -1.31. The number of carboxylic acids is 2. The third kappa shape index (κ3) is 6.65. The second kappa shape index (κ2) is 11.6. The number of halogens is 2. The average molecular weight is 536 g/mol. The molecule has 0 bridgehead atoms. The Bertz CT molecular complexity index is 1560. The molecule has 1 heterocycles. The lowest BCUT2D eigenvalue weighted by Crippen LogP contribution is -2.09. The van der Waals surface area contributed by atoms with Crippen LogP contribution < -0.4 is 19.9 Å². The molecular formula is C28H22F2N2O7. The molecule has 0 atom stereocenters. The van der Waals surface area contributed by atoms with Crippen LogP contribution in [0.15, 0.2) is 66.7 Å². The minimum absolute atomic E-state index is 0.00298. The number of aryl methyl sites for hydroxylation is 1. The van der Waals surface area contributed by atoms with Gasteiger partial charge < -0.3 is 30.2 Å². The van der Waals surface area contributed by atoms with Gasteiger partial charge in [0.05, 0.1) is 0 Å². The second-order valence-corrected chi connectivity index (χ2v) is 8.35. The summed E-state index contributed by atoms with van der Waals surface area (Å²) in [6.45, 7) is 1.32. The summed E-state index contributed by atoms with van der Waals surface area (Å²) < 4.78 is 45.6. The molecule has 0 fully saturated rings. The van der Waals surface area contributed by atoms with E-state index in [1.807, 2.05) is 12.1 Å². The number of aliphatic carboxylic acids is 1. The number of nitrogens with zero attached hydrogens (tertiary/aromatic N) is 1. The molecule has 9 nitrogen and oxygen atoms in total. The summed E-state index contributed by atoms with van der Waals surface area (Å²) in [5.41, 5.74) is 8.18. The van der Waals surface area contributed by atoms with Crippen LogP contribution >= 0.6 is 0 Å². The first-order chi connectivity index (χ1) is 18.6. The van der Waals surface area contributed by atoms with Crippen LogP contribution in [0.3, 0.4) is 0 Å². The number of carbonyl (C=O) groups is 2. The van der Waals surface area contributed by atoms with Gasteiger partial charge in [-0.25, -0.2) is 18.4 Å². The zero-order valence-electron chi connectivity index (χ0n) is 20.5. The lowest BCUT2D eigenvalue weighted by Gasteiger charge is -2.14. The van der Waals surface area contributed by atoms with E-state index in [-0.39, 0.29) is 29.4 Å². The van der Waals surface area contributed by atoms with Crippen LogP contribution in [-0.4, -0.2) is 33.7 Å². The van der Waals surface area contributed by atoms with Crippen molar-refractivity contribution < 1.29 is 42.8 Å². The van der Waals surface area contributed by atoms with E-state index in [9.17, 15) is 23.5 Å². The van der Waals surface area contributed by atoms with Crippen molar-refractivity contribution in [2.24, 2.45) is 5.73 Å². The highest BCUT2D eigenvalue weighted by Crippen LogP contribution is 2.35. The van der Waals surface area contributed by atoms with Gasteiger partial charge in [0.2, 0.25) is 0 Å². The first-order valence-electron chi connectivity index (χ1n) is 11.5. The monoisotopic (exact) mass is 536 g/mol. The van der Waals surface area contributed by atoms with Gasteiger partial charge in [0.15, 0.2) is 18.2 Å². The quantitative estimate of drug-likeness (QED) is 0.238. The highest BCUT2D eigenvalue weighted by molar-refractivity contribution is 5.91. The summed E-state index contributed by atoms with van der Waals surface area (Å²) in [4.78, 5) is 26.4. The maximum absolute atomic E-state index is 14.7. The molecule has 0 aliphatic heterocycles. The predicted molar refractivity (Wildman–Crippen MR) is 135 cm³/mol. The van der Waals surface area contributed by atoms with Crippen LogP contribution in [-0.2, 0) is 11.3 Å². The Balaban J connectivity index is 1.72. The topological polar surface area (TPSA) is 141 Å². The fourth-order valence-electron chi connectivity index (χ4n) is 3.59. The number of nitrogens with two attached hydrogens (primary N) is 1. The van der Waals surface area contributed by atoms with Gasteiger partial charge in [0.1, 0.15) is 22.8 Å². The lowest BCUT2D eigenvalue weighted by atomic mass is 10.0. The van der Waals surface area contributed by atoms with Gasteiger partial charge >= 0.3 is 11.9 Å². The number of pyridine rings is 1. The molecule has 39 heavy (non-hydrogen) atoms. The molecule has 0 unspecified atom stereocenters. The van der Waals surface area contributed by atoms with Crippen LogP contribution in [0.4, 0.5) is 8.78 Å². The first kappa shape index (κ1) is 27.0. The Morgan fingerprint density at radius 3 is 2.28 bits per heavy atom. The molecule has 0 saturated heterocycles. The smallest absolute Gasteiger partial charge is 0.341 e. The number of aromatic nitrogens is 1. The number of benzene rings is 3. The van der Waals surface area contributed by atoms with E-state index in [1.54, 1.807) is 31.2 Å². The Kier molecular flexibility index (Phi) is 8.01. The second-order valence-electron chi connectivity index (χ2n) is 8.35. The van der Waals surface area contributed by atoms with Gasteiger partial charge in [0.25, 0.3) is 11.8 Å². The maximum atomic E-state index is 14.7. The third-order valence-corrected chi connectivity index (χ3v) is 5.39. The zero-order valence-corrected chi connectivity index (χ0v) is 20.5. The van der Waals surface area contributed by atoms with Crippen LogP contribution in [0.25, 0.3) is 11.1 Å². The van der Waals surface area contributed by atoms with Crippen LogP contribution in [0.1, 0.15) is 21.5 Å². The summed E-state index contributed by atoms with van der Waals surface area (Å²) >= 11 is 0. The van der Waals surface area contributed by atoms with E-state index < -0.39 is 41.9 Å². The summed E-state index contributed by atoms with van der Waals surface area (Å²) in [5, 5.41) is 18.4. The van der Waals surface area contributed by atoms with Crippen molar-refractivity contribution in [2.45, 2.75) is 13.5 Å². The molecule has 4 rings (SSSR count). The van der Waals surface area contributed by atoms with E-state index >= 15 is 0 Å². The summed E-state index contributed by atoms with van der Waals surface area (Å²) in [7, 11) is 0. The molecule has 4 N–H and O–H groups in total. The standard InChI is InChI=1S/C28H22F2N2O7/c1-15-5-6-21(28(35)36)24(7-15)39-27-23(30)12-22(29)26(32-27)38-20-10-18(9-19(11-20)37-14-25(33)34)17-4-2-3-16(8-17)13-31/h2-12H,13-14,31H2,1H3,(H,33,34)(H,35,36). The summed E-state index contributed by atoms with van der Waals surface area (Å²) in [6.07, 6.45) is 0. The molecule has 0 radical (unpaired) electrons. The maximum Gasteiger partial charge on any atom is 0.341 e. The molecule has 0 aliphatic carbocycles. The normalized spacial score (nSPS) is 10.7. The van der Waals surface area contributed by atoms with E-state index in [4.69, 9.17) is 25.1 Å². The van der Waals surface area contributed by atoms with Crippen LogP contribution in [0.5, 0.6) is 29.0 Å². The van der Waals surface area contributed by atoms with E-state index in [0.717, 1.165) is 5.56 Å². The Morgan fingerprint density at radius 2 is 1.59 bits per heavy atom. The lowest BCUT2D eigenvalue weighted by molar-refractivity contribution is -0.139. The van der Waals surface area contributed by atoms with E-state index in [0.29, 0.717) is 22.8 Å². The number of hydrogen-bond donors (Lipinski definition) is 3. The van der Waals surface area contributed by atoms with Gasteiger partial charge in [-0.3, -0.25) is 0 Å². The summed E-state index contributed by atoms with van der Waals surface area (Å²) in [5.74, 6) is -6.35. The van der Waals surface area contributed by atoms with Crippen molar-refractivity contribution in [3.8, 4) is 40.1 Å².